The van der Waals surface area contributed by atoms with Gasteiger partial charge in [-0.2, -0.15) is 0 Å². The number of benzene rings is 2. The molecule has 0 radical (unpaired) electrons. The average molecular weight is 392 g/mol. The van der Waals surface area contributed by atoms with Gasteiger partial charge in [0.2, 0.25) is 0 Å². The second-order valence-electron chi connectivity index (χ2n) is 4.68. The molecule has 0 aliphatic rings. The first kappa shape index (κ1) is 14.3. The summed E-state index contributed by atoms with van der Waals surface area (Å²) in [5.41, 5.74) is 2.84. The first-order valence-corrected chi connectivity index (χ1v) is 7.72. The zero-order valence-electron chi connectivity index (χ0n) is 11.6. The number of nitrogens with zero attached hydrogens (tertiary/aromatic N) is 1. The molecule has 0 bridgehead atoms. The summed E-state index contributed by atoms with van der Waals surface area (Å²) in [7, 11) is 1.65. The molecule has 0 spiro atoms. The van der Waals surface area contributed by atoms with E-state index in [1.165, 1.54) is 0 Å². The predicted molar refractivity (Wildman–Crippen MR) is 94.1 cm³/mol. The molecule has 3 aromatic rings. The quantitative estimate of drug-likeness (QED) is 0.528. The molecule has 21 heavy (non-hydrogen) atoms. The van der Waals surface area contributed by atoms with Crippen LogP contribution in [0, 0.1) is 3.57 Å². The zero-order chi connectivity index (χ0) is 14.8. The number of ether oxygens (including phenoxy) is 1. The van der Waals surface area contributed by atoms with Gasteiger partial charge in [0.15, 0.2) is 0 Å². The molecule has 2 N–H and O–H groups in total. The normalized spacial score (nSPS) is 11.0. The maximum Gasteiger partial charge on any atom is 0.119 e. The maximum atomic E-state index is 9.11. The van der Waals surface area contributed by atoms with Gasteiger partial charge in [0.1, 0.15) is 5.75 Å². The number of aromatic nitrogens is 1. The lowest BCUT2D eigenvalue weighted by molar-refractivity contribution is 0.311. The lowest BCUT2D eigenvalue weighted by Gasteiger charge is -2.13. The average Bonchev–Trinajstić information content (AvgIpc) is 2.50. The number of aliphatic hydroxyl groups excluding tert-OH is 1. The monoisotopic (exact) mass is 392 g/mol. The Labute approximate surface area is 136 Å². The molecule has 108 valence electrons. The highest BCUT2D eigenvalue weighted by Crippen LogP contribution is 2.33. The number of fused-ring (bicyclic) bond motifs is 2. The van der Waals surface area contributed by atoms with Crippen LogP contribution in [-0.4, -0.2) is 30.4 Å². The predicted octanol–water partition coefficient (Wildman–Crippen LogP) is 3.41. The van der Waals surface area contributed by atoms with Gasteiger partial charge in [-0.25, -0.2) is 4.98 Å². The Bertz CT molecular complexity index is 805. The van der Waals surface area contributed by atoms with Crippen molar-refractivity contribution in [2.24, 2.45) is 0 Å². The van der Waals surface area contributed by atoms with Crippen molar-refractivity contribution in [1.82, 2.24) is 4.98 Å². The van der Waals surface area contributed by atoms with Crippen molar-refractivity contribution < 1.29 is 9.84 Å². The van der Waals surface area contributed by atoms with Crippen molar-refractivity contribution in [1.29, 1.82) is 0 Å². The van der Waals surface area contributed by atoms with Gasteiger partial charge in [-0.1, -0.05) is 0 Å². The van der Waals surface area contributed by atoms with Gasteiger partial charge in [0.25, 0.3) is 0 Å². The van der Waals surface area contributed by atoms with Crippen molar-refractivity contribution in [3.05, 3.63) is 40.0 Å². The number of hydrogen-bond acceptors (Lipinski definition) is 4. The number of hydrogen-bond donors (Lipinski definition) is 2. The highest BCUT2D eigenvalue weighted by atomic mass is 125. The maximum absolute atomic E-state index is 9.11. The second kappa shape index (κ2) is 6.03. The van der Waals surface area contributed by atoms with Gasteiger partial charge in [-0.15, -0.1) is 0 Å². The largest absolute Gasteiger partial charge is 0.497 e. The highest BCUT2D eigenvalue weighted by molar-refractivity contribution is 14.1. The van der Waals surface area contributed by atoms with E-state index < -0.39 is 0 Å². The summed E-state index contributed by atoms with van der Waals surface area (Å²) in [6, 6.07) is 12.0. The number of aliphatic hydroxyl groups is 1. The molecule has 0 atom stereocenters. The number of anilines is 1. The van der Waals surface area contributed by atoms with Crippen molar-refractivity contribution in [2.45, 2.75) is 0 Å². The number of methoxy groups -OCH3 is 1. The number of rotatable bonds is 4. The smallest absolute Gasteiger partial charge is 0.119 e. The molecule has 2 aromatic carbocycles. The summed E-state index contributed by atoms with van der Waals surface area (Å²) in [5.74, 6) is 0.793. The summed E-state index contributed by atoms with van der Waals surface area (Å²) >= 11 is 2.28. The SMILES string of the molecule is COc1ccc2nc3cc([125I])ccc3c(NCCO)c2c1. The molecular weight excluding hydrogens is 377 g/mol. The molecule has 0 saturated heterocycles. The number of nitrogens with one attached hydrogen (secondary N) is 1. The van der Waals surface area contributed by atoms with Crippen LogP contribution in [0.4, 0.5) is 5.69 Å². The van der Waals surface area contributed by atoms with Crippen molar-refractivity contribution >= 4 is 50.1 Å². The summed E-state index contributed by atoms with van der Waals surface area (Å²) in [6.07, 6.45) is 0. The highest BCUT2D eigenvalue weighted by Gasteiger charge is 2.10. The lowest BCUT2D eigenvalue weighted by atomic mass is 10.1. The van der Waals surface area contributed by atoms with Gasteiger partial charge < -0.3 is 15.2 Å². The molecular formula is C16H15IN2O2. The fraction of sp³-hybridized carbons (Fsp3) is 0.188. The first-order chi connectivity index (χ1) is 10.2. The van der Waals surface area contributed by atoms with E-state index in [9.17, 15) is 0 Å². The molecule has 0 fully saturated rings. The topological polar surface area (TPSA) is 54.4 Å². The molecule has 0 aliphatic heterocycles. The van der Waals surface area contributed by atoms with Gasteiger partial charge >= 0.3 is 0 Å². The van der Waals surface area contributed by atoms with Gasteiger partial charge in [0.05, 0.1) is 30.4 Å². The third-order valence-corrected chi connectivity index (χ3v) is 4.03. The molecule has 0 unspecified atom stereocenters. The van der Waals surface area contributed by atoms with Crippen molar-refractivity contribution in [2.75, 3.05) is 25.6 Å². The Morgan fingerprint density at radius 2 is 2.00 bits per heavy atom. The van der Waals surface area contributed by atoms with Gasteiger partial charge in [-0.3, -0.25) is 0 Å². The van der Waals surface area contributed by atoms with E-state index in [1.54, 1.807) is 7.11 Å². The minimum Gasteiger partial charge on any atom is -0.497 e. The summed E-state index contributed by atoms with van der Waals surface area (Å²) < 4.78 is 6.45. The van der Waals surface area contributed by atoms with E-state index in [0.717, 1.165) is 36.8 Å². The molecule has 3 rings (SSSR count). The van der Waals surface area contributed by atoms with E-state index in [1.807, 2.05) is 18.2 Å². The zero-order valence-corrected chi connectivity index (χ0v) is 13.7. The lowest BCUT2D eigenvalue weighted by Crippen LogP contribution is -2.07. The Morgan fingerprint density at radius 1 is 1.14 bits per heavy atom. The third-order valence-electron chi connectivity index (χ3n) is 3.36. The van der Waals surface area contributed by atoms with Crippen LogP contribution in [0.2, 0.25) is 0 Å². The fourth-order valence-electron chi connectivity index (χ4n) is 2.39. The fourth-order valence-corrected chi connectivity index (χ4v) is 2.87. The standard InChI is InChI=1S/C16H15IN2O2/c1-21-11-3-5-14-13(9-11)16(18-6-7-20)12-4-2-10(17)8-15(12)19-14/h2-5,8-9,20H,6-7H2,1H3,(H,18,19)/i17-2. The van der Waals surface area contributed by atoms with Crippen LogP contribution in [0.5, 0.6) is 5.75 Å². The van der Waals surface area contributed by atoms with E-state index in [0.29, 0.717) is 6.54 Å². The van der Waals surface area contributed by atoms with E-state index in [2.05, 4.69) is 46.1 Å². The Kier molecular flexibility index (Phi) is 4.12. The minimum absolute atomic E-state index is 0.0830. The summed E-state index contributed by atoms with van der Waals surface area (Å²) in [4.78, 5) is 4.72. The van der Waals surface area contributed by atoms with E-state index in [4.69, 9.17) is 14.8 Å². The second-order valence-corrected chi connectivity index (χ2v) is 5.93. The van der Waals surface area contributed by atoms with Crippen LogP contribution in [0.1, 0.15) is 0 Å². The third kappa shape index (κ3) is 2.75. The molecule has 0 saturated carbocycles. The van der Waals surface area contributed by atoms with Crippen LogP contribution in [0.15, 0.2) is 36.4 Å². The van der Waals surface area contributed by atoms with E-state index >= 15 is 0 Å². The van der Waals surface area contributed by atoms with Gasteiger partial charge in [0, 0.05) is 20.9 Å². The molecule has 0 aliphatic carbocycles. The minimum atomic E-state index is 0.0830. The van der Waals surface area contributed by atoms with Gasteiger partial charge in [-0.05, 0) is 59.0 Å². The molecule has 4 nitrogen and oxygen atoms in total. The Hall–Kier alpha value is -1.60. The van der Waals surface area contributed by atoms with Crippen LogP contribution in [0.3, 0.4) is 0 Å². The van der Waals surface area contributed by atoms with Crippen molar-refractivity contribution in [3.63, 3.8) is 0 Å². The number of pyridine rings is 1. The molecule has 1 heterocycles. The summed E-state index contributed by atoms with van der Waals surface area (Å²) in [5, 5.41) is 14.5. The van der Waals surface area contributed by atoms with Crippen molar-refractivity contribution in [3.8, 4) is 5.75 Å². The van der Waals surface area contributed by atoms with Crippen LogP contribution < -0.4 is 10.1 Å². The van der Waals surface area contributed by atoms with Crippen LogP contribution in [0.25, 0.3) is 21.8 Å². The molecule has 0 amide bonds. The van der Waals surface area contributed by atoms with E-state index in [-0.39, 0.29) is 6.61 Å². The first-order valence-electron chi connectivity index (χ1n) is 6.64. The Morgan fingerprint density at radius 3 is 2.76 bits per heavy atom. The van der Waals surface area contributed by atoms with Crippen LogP contribution >= 0.6 is 22.6 Å². The molecule has 5 heteroatoms. The Balaban J connectivity index is 2.33. The molecule has 1 aromatic heterocycles. The van der Waals surface area contributed by atoms with Crippen LogP contribution in [-0.2, 0) is 0 Å². The summed E-state index contributed by atoms with van der Waals surface area (Å²) in [6.45, 7) is 0.580. The number of halogens is 1.